The molecule has 0 fully saturated rings. The molecule has 5 nitrogen and oxygen atoms in total. The first-order chi connectivity index (χ1) is 7.72. The lowest BCUT2D eigenvalue weighted by Gasteiger charge is -2.02. The third-order valence-corrected chi connectivity index (χ3v) is 2.17. The van der Waals surface area contributed by atoms with Gasteiger partial charge in [0.2, 0.25) is 5.82 Å². The van der Waals surface area contributed by atoms with Crippen LogP contribution in [0.15, 0.2) is 22.7 Å². The Kier molecular flexibility index (Phi) is 3.07. The van der Waals surface area contributed by atoms with E-state index in [0.717, 1.165) is 0 Å². The van der Waals surface area contributed by atoms with Crippen molar-refractivity contribution >= 4 is 11.6 Å². The van der Waals surface area contributed by atoms with Gasteiger partial charge >= 0.3 is 0 Å². The largest absolute Gasteiger partial charge is 0.497 e. The topological polar surface area (TPSA) is 68.1 Å². The van der Waals surface area contributed by atoms with E-state index in [0.29, 0.717) is 22.2 Å². The summed E-state index contributed by atoms with van der Waals surface area (Å²) in [5.74, 6) is 0.969. The van der Waals surface area contributed by atoms with Gasteiger partial charge in [-0.2, -0.15) is 4.98 Å². The van der Waals surface area contributed by atoms with Gasteiger partial charge in [-0.1, -0.05) is 16.8 Å². The average Bonchev–Trinajstić information content (AvgIpc) is 2.76. The first-order valence-electron chi connectivity index (χ1n) is 4.48. The van der Waals surface area contributed by atoms with Crippen LogP contribution in [-0.4, -0.2) is 17.3 Å². The highest BCUT2D eigenvalue weighted by molar-refractivity contribution is 6.31. The predicted molar refractivity (Wildman–Crippen MR) is 55.7 cm³/mol. The van der Waals surface area contributed by atoms with Crippen molar-refractivity contribution in [3.63, 3.8) is 0 Å². The highest BCUT2D eigenvalue weighted by atomic mass is 35.5. The Hall–Kier alpha value is -1.59. The molecule has 1 heterocycles. The van der Waals surface area contributed by atoms with Crippen LogP contribution in [0.3, 0.4) is 0 Å². The predicted octanol–water partition coefficient (Wildman–Crippen LogP) is 2.33. The molecule has 0 amide bonds. The van der Waals surface area contributed by atoms with E-state index >= 15 is 0 Å². The minimum Gasteiger partial charge on any atom is -0.497 e. The van der Waals surface area contributed by atoms with Crippen molar-refractivity contribution in [1.82, 2.24) is 10.1 Å². The molecule has 16 heavy (non-hydrogen) atoms. The van der Waals surface area contributed by atoms with Gasteiger partial charge in [0.05, 0.1) is 7.11 Å². The maximum Gasteiger partial charge on any atom is 0.256 e. The Bertz CT molecular complexity index is 499. The van der Waals surface area contributed by atoms with E-state index in [-0.39, 0.29) is 5.89 Å². The molecule has 0 N–H and O–H groups in total. The number of methoxy groups -OCH3 is 1. The lowest BCUT2D eigenvalue weighted by molar-refractivity contribution is 0.142. The van der Waals surface area contributed by atoms with Gasteiger partial charge in [-0.3, -0.25) is 0 Å². The molecule has 6 heteroatoms. The summed E-state index contributed by atoms with van der Waals surface area (Å²) in [5, 5.41) is 14.7. The number of halogens is 1. The monoisotopic (exact) mass is 239 g/mol. The Morgan fingerprint density at radius 3 is 2.88 bits per heavy atom. The fourth-order valence-corrected chi connectivity index (χ4v) is 1.47. The minimum atomic E-state index is -0.537. The smallest absolute Gasteiger partial charge is 0.256 e. The Morgan fingerprint density at radius 2 is 2.25 bits per heavy atom. The van der Waals surface area contributed by atoms with Crippen molar-refractivity contribution in [1.29, 1.82) is 0 Å². The highest BCUT2D eigenvalue weighted by Gasteiger charge is 2.10. The molecule has 0 bridgehead atoms. The first kappa shape index (κ1) is 10.9. The van der Waals surface area contributed by atoms with Crippen LogP contribution in [0.25, 0.3) is 11.4 Å². The number of hydrogen-bond donors (Lipinski definition) is 0. The third-order valence-electron chi connectivity index (χ3n) is 1.96. The molecule has 0 atom stereocenters. The normalized spacial score (nSPS) is 10.4. The summed E-state index contributed by atoms with van der Waals surface area (Å²) in [4.78, 5) is 3.91. The second-order valence-electron chi connectivity index (χ2n) is 3.04. The number of aromatic nitrogens is 2. The highest BCUT2D eigenvalue weighted by Crippen LogP contribution is 2.26. The lowest BCUT2D eigenvalue weighted by atomic mass is 10.2. The van der Waals surface area contributed by atoms with Crippen LogP contribution in [0.5, 0.6) is 5.75 Å². The first-order valence-corrected chi connectivity index (χ1v) is 4.86. The Balaban J connectivity index is 2.42. The van der Waals surface area contributed by atoms with E-state index in [1.807, 2.05) is 0 Å². The lowest BCUT2D eigenvalue weighted by Crippen LogP contribution is -1.86. The molecule has 0 aliphatic heterocycles. The number of rotatable bonds is 3. The summed E-state index contributed by atoms with van der Waals surface area (Å²) in [6, 6.07) is 5.05. The molecule has 0 saturated carbocycles. The zero-order valence-electron chi connectivity index (χ0n) is 8.44. The van der Waals surface area contributed by atoms with Gasteiger partial charge in [-0.05, 0) is 18.2 Å². The zero-order valence-corrected chi connectivity index (χ0v) is 9.19. The van der Waals surface area contributed by atoms with Gasteiger partial charge in [0, 0.05) is 10.6 Å². The van der Waals surface area contributed by atoms with Gasteiger partial charge in [0.1, 0.15) is 5.75 Å². The maximum atomic E-state index is 10.5. The number of nitrogens with zero attached hydrogens (tertiary/aromatic N) is 2. The molecule has 0 aliphatic carbocycles. The number of benzene rings is 1. The van der Waals surface area contributed by atoms with Crippen LogP contribution in [0.2, 0.25) is 5.02 Å². The number of ether oxygens (including phenoxy) is 1. The summed E-state index contributed by atoms with van der Waals surface area (Å²) in [7, 11) is 1.54. The molecule has 1 radical (unpaired) electrons. The van der Waals surface area contributed by atoms with E-state index in [9.17, 15) is 5.11 Å². The van der Waals surface area contributed by atoms with E-state index in [1.54, 1.807) is 18.2 Å². The maximum absolute atomic E-state index is 10.5. The van der Waals surface area contributed by atoms with Crippen molar-refractivity contribution in [2.75, 3.05) is 7.11 Å². The summed E-state index contributed by atoms with van der Waals surface area (Å²) in [6.07, 6.45) is 0. The second kappa shape index (κ2) is 4.51. The van der Waals surface area contributed by atoms with Gasteiger partial charge in [0.15, 0.2) is 6.61 Å². The van der Waals surface area contributed by atoms with E-state index in [4.69, 9.17) is 20.9 Å². The van der Waals surface area contributed by atoms with E-state index in [1.165, 1.54) is 7.11 Å². The van der Waals surface area contributed by atoms with Crippen molar-refractivity contribution in [3.8, 4) is 17.1 Å². The fraction of sp³-hybridized carbons (Fsp3) is 0.200. The molecule has 2 aromatic rings. The molecule has 2 rings (SSSR count). The van der Waals surface area contributed by atoms with Crippen molar-refractivity contribution in [2.24, 2.45) is 0 Å². The van der Waals surface area contributed by atoms with Gasteiger partial charge in [0.25, 0.3) is 5.89 Å². The molecule has 0 saturated heterocycles. The third kappa shape index (κ3) is 2.15. The summed E-state index contributed by atoms with van der Waals surface area (Å²) >= 11 is 5.89. The van der Waals surface area contributed by atoms with Crippen LogP contribution in [0.4, 0.5) is 0 Å². The van der Waals surface area contributed by atoms with Crippen molar-refractivity contribution in [3.05, 3.63) is 29.1 Å². The molecule has 0 aliphatic rings. The fourth-order valence-electron chi connectivity index (χ4n) is 1.24. The van der Waals surface area contributed by atoms with Gasteiger partial charge in [-0.25, -0.2) is 5.11 Å². The molecule has 1 aromatic carbocycles. The van der Waals surface area contributed by atoms with Gasteiger partial charge < -0.3 is 9.26 Å². The quantitative estimate of drug-likeness (QED) is 0.824. The van der Waals surface area contributed by atoms with Crippen LogP contribution >= 0.6 is 11.6 Å². The Labute approximate surface area is 96.6 Å². The molecular formula is C10H8ClN2O3. The zero-order chi connectivity index (χ0) is 11.5. The van der Waals surface area contributed by atoms with Crippen LogP contribution in [-0.2, 0) is 11.7 Å². The van der Waals surface area contributed by atoms with Crippen LogP contribution in [0, 0.1) is 0 Å². The number of hydrogen-bond acceptors (Lipinski definition) is 4. The minimum absolute atomic E-state index is 0.0499. The van der Waals surface area contributed by atoms with Gasteiger partial charge in [-0.15, -0.1) is 0 Å². The van der Waals surface area contributed by atoms with Crippen molar-refractivity contribution < 1.29 is 14.4 Å². The molecule has 1 aromatic heterocycles. The molecule has 0 spiro atoms. The summed E-state index contributed by atoms with van der Waals surface area (Å²) in [5.41, 5.74) is 0.646. The average molecular weight is 240 g/mol. The van der Waals surface area contributed by atoms with Crippen LogP contribution < -0.4 is 4.74 Å². The summed E-state index contributed by atoms with van der Waals surface area (Å²) < 4.78 is 9.78. The van der Waals surface area contributed by atoms with E-state index < -0.39 is 6.61 Å². The Morgan fingerprint density at radius 1 is 1.44 bits per heavy atom. The second-order valence-corrected chi connectivity index (χ2v) is 3.47. The van der Waals surface area contributed by atoms with Crippen LogP contribution in [0.1, 0.15) is 5.89 Å². The standard InChI is InChI=1S/C10H8ClN2O3/c1-15-8-3-6(2-7(11)4-8)10-12-9(5-14)16-13-10/h2-4H,5H2,1H3. The molecule has 83 valence electrons. The summed E-state index contributed by atoms with van der Waals surface area (Å²) in [6.45, 7) is -0.537. The van der Waals surface area contributed by atoms with Crippen molar-refractivity contribution in [2.45, 2.75) is 6.61 Å². The SMILES string of the molecule is COc1cc(Cl)cc(-c2noc(C[O])n2)c1. The molecular weight excluding hydrogens is 232 g/mol. The molecule has 0 unspecified atom stereocenters. The van der Waals surface area contributed by atoms with E-state index in [2.05, 4.69) is 10.1 Å².